The van der Waals surface area contributed by atoms with Crippen molar-refractivity contribution in [2.45, 2.75) is 13.1 Å². The lowest BCUT2D eigenvalue weighted by atomic mass is 10.1. The molecule has 32 heavy (non-hydrogen) atoms. The topological polar surface area (TPSA) is 104 Å². The number of nitrogens with one attached hydrogen (secondary N) is 2. The van der Waals surface area contributed by atoms with Crippen molar-refractivity contribution in [2.24, 2.45) is 0 Å². The number of hydrogen-bond acceptors (Lipinski definition) is 5. The molecule has 0 aliphatic carbocycles. The molecule has 0 saturated carbocycles. The zero-order chi connectivity index (χ0) is 23.1. The molecule has 3 amide bonds. The second kappa shape index (κ2) is 10.3. The standard InChI is InChI=1S/C23H22FN5O3/c1-25-21(30)17-7-3-16(4-8-17)14-29(2)23(32)20-19(26-11-12-27-20)22(31)28-13-15-5-9-18(24)10-6-15/h3-12H,13-14H2,1-2H3,(H,25,30)(H,28,31). The zero-order valence-corrected chi connectivity index (χ0v) is 17.6. The first-order chi connectivity index (χ1) is 15.4. The summed E-state index contributed by atoms with van der Waals surface area (Å²) >= 11 is 0. The number of rotatable bonds is 7. The van der Waals surface area contributed by atoms with Crippen molar-refractivity contribution in [1.29, 1.82) is 0 Å². The summed E-state index contributed by atoms with van der Waals surface area (Å²) in [6.45, 7) is 0.400. The predicted octanol–water partition coefficient (Wildman–Crippen LogP) is 2.18. The first-order valence-corrected chi connectivity index (χ1v) is 9.79. The van der Waals surface area contributed by atoms with Gasteiger partial charge in [0.2, 0.25) is 0 Å². The molecular formula is C23H22FN5O3. The van der Waals surface area contributed by atoms with Gasteiger partial charge in [-0.3, -0.25) is 14.4 Å². The maximum Gasteiger partial charge on any atom is 0.274 e. The minimum Gasteiger partial charge on any atom is -0.355 e. The largest absolute Gasteiger partial charge is 0.355 e. The lowest BCUT2D eigenvalue weighted by molar-refractivity contribution is 0.0769. The molecule has 0 aliphatic heterocycles. The number of benzene rings is 2. The highest BCUT2D eigenvalue weighted by molar-refractivity contribution is 6.04. The van der Waals surface area contributed by atoms with E-state index in [1.165, 1.54) is 29.4 Å². The van der Waals surface area contributed by atoms with Crippen LogP contribution in [0.15, 0.2) is 60.9 Å². The molecule has 164 valence electrons. The van der Waals surface area contributed by atoms with Crippen molar-refractivity contribution >= 4 is 17.7 Å². The predicted molar refractivity (Wildman–Crippen MR) is 115 cm³/mol. The molecule has 0 aliphatic rings. The Morgan fingerprint density at radius 1 is 0.875 bits per heavy atom. The lowest BCUT2D eigenvalue weighted by Gasteiger charge is -2.18. The monoisotopic (exact) mass is 435 g/mol. The molecule has 0 spiro atoms. The SMILES string of the molecule is CNC(=O)c1ccc(CN(C)C(=O)c2nccnc2C(=O)NCc2ccc(F)cc2)cc1. The molecular weight excluding hydrogens is 413 g/mol. The van der Waals surface area contributed by atoms with Gasteiger partial charge in [0.05, 0.1) is 0 Å². The molecule has 9 heteroatoms. The fourth-order valence-corrected chi connectivity index (χ4v) is 2.96. The maximum atomic E-state index is 13.0. The van der Waals surface area contributed by atoms with Gasteiger partial charge in [0.1, 0.15) is 5.82 Å². The maximum absolute atomic E-state index is 13.0. The van der Waals surface area contributed by atoms with Crippen LogP contribution in [0.3, 0.4) is 0 Å². The summed E-state index contributed by atoms with van der Waals surface area (Å²) in [5.41, 5.74) is 1.85. The fraction of sp³-hybridized carbons (Fsp3) is 0.174. The summed E-state index contributed by atoms with van der Waals surface area (Å²) in [4.78, 5) is 46.7. The molecule has 8 nitrogen and oxygen atoms in total. The third kappa shape index (κ3) is 5.51. The van der Waals surface area contributed by atoms with Crippen LogP contribution >= 0.6 is 0 Å². The van der Waals surface area contributed by atoms with Crippen LogP contribution in [0.5, 0.6) is 0 Å². The minimum absolute atomic E-state index is 0.0754. The molecule has 0 radical (unpaired) electrons. The van der Waals surface area contributed by atoms with E-state index in [4.69, 9.17) is 0 Å². The highest BCUT2D eigenvalue weighted by Gasteiger charge is 2.23. The van der Waals surface area contributed by atoms with Gasteiger partial charge in [0, 0.05) is 45.1 Å². The molecule has 0 saturated heterocycles. The van der Waals surface area contributed by atoms with Crippen LogP contribution in [0.4, 0.5) is 4.39 Å². The van der Waals surface area contributed by atoms with Gasteiger partial charge in [0.15, 0.2) is 11.4 Å². The van der Waals surface area contributed by atoms with Crippen LogP contribution in [0.25, 0.3) is 0 Å². The van der Waals surface area contributed by atoms with Gasteiger partial charge >= 0.3 is 0 Å². The van der Waals surface area contributed by atoms with E-state index in [9.17, 15) is 18.8 Å². The number of hydrogen-bond donors (Lipinski definition) is 2. The highest BCUT2D eigenvalue weighted by atomic mass is 19.1. The molecule has 2 aromatic carbocycles. The Morgan fingerprint density at radius 3 is 2.09 bits per heavy atom. The van der Waals surface area contributed by atoms with Crippen LogP contribution in [-0.2, 0) is 13.1 Å². The van der Waals surface area contributed by atoms with E-state index in [2.05, 4.69) is 20.6 Å². The van der Waals surface area contributed by atoms with Crippen LogP contribution in [0.2, 0.25) is 0 Å². The molecule has 2 N–H and O–H groups in total. The van der Waals surface area contributed by atoms with E-state index in [1.807, 2.05) is 0 Å². The van der Waals surface area contributed by atoms with Crippen molar-refractivity contribution in [3.05, 3.63) is 94.8 Å². The fourth-order valence-electron chi connectivity index (χ4n) is 2.96. The van der Waals surface area contributed by atoms with Gasteiger partial charge in [-0.05, 0) is 35.4 Å². The zero-order valence-electron chi connectivity index (χ0n) is 17.6. The third-order valence-electron chi connectivity index (χ3n) is 4.69. The van der Waals surface area contributed by atoms with Gasteiger partial charge < -0.3 is 15.5 Å². The Balaban J connectivity index is 1.69. The van der Waals surface area contributed by atoms with E-state index >= 15 is 0 Å². The average molecular weight is 435 g/mol. The van der Waals surface area contributed by atoms with Crippen LogP contribution in [0.1, 0.15) is 42.5 Å². The first kappa shape index (κ1) is 22.5. The Morgan fingerprint density at radius 2 is 1.47 bits per heavy atom. The second-order valence-electron chi connectivity index (χ2n) is 7.00. The molecule has 0 bridgehead atoms. The van der Waals surface area contributed by atoms with Crippen molar-refractivity contribution in [2.75, 3.05) is 14.1 Å². The Hall–Kier alpha value is -4.14. The van der Waals surface area contributed by atoms with Gasteiger partial charge in [-0.2, -0.15) is 0 Å². The number of halogens is 1. The quantitative estimate of drug-likeness (QED) is 0.592. The lowest BCUT2D eigenvalue weighted by Crippen LogP contribution is -2.32. The van der Waals surface area contributed by atoms with E-state index in [0.29, 0.717) is 11.1 Å². The van der Waals surface area contributed by atoms with Crippen molar-refractivity contribution in [3.63, 3.8) is 0 Å². The van der Waals surface area contributed by atoms with E-state index in [-0.39, 0.29) is 36.2 Å². The summed E-state index contributed by atoms with van der Waals surface area (Å²) in [6.07, 6.45) is 2.68. The van der Waals surface area contributed by atoms with Crippen LogP contribution < -0.4 is 10.6 Å². The van der Waals surface area contributed by atoms with Gasteiger partial charge in [-0.1, -0.05) is 24.3 Å². The molecule has 0 atom stereocenters. The molecule has 3 rings (SSSR count). The average Bonchev–Trinajstić information content (AvgIpc) is 2.83. The Kier molecular flexibility index (Phi) is 7.22. The summed E-state index contributed by atoms with van der Waals surface area (Å²) in [5, 5.41) is 5.22. The number of nitrogens with zero attached hydrogens (tertiary/aromatic N) is 3. The van der Waals surface area contributed by atoms with E-state index in [0.717, 1.165) is 5.56 Å². The van der Waals surface area contributed by atoms with E-state index in [1.54, 1.807) is 50.5 Å². The molecule has 0 unspecified atom stereocenters. The third-order valence-corrected chi connectivity index (χ3v) is 4.69. The Bertz CT molecular complexity index is 1120. The number of amides is 3. The molecule has 1 heterocycles. The van der Waals surface area contributed by atoms with Crippen LogP contribution in [0, 0.1) is 5.82 Å². The number of aromatic nitrogens is 2. The molecule has 0 fully saturated rings. The van der Waals surface area contributed by atoms with Crippen molar-refractivity contribution in [1.82, 2.24) is 25.5 Å². The van der Waals surface area contributed by atoms with Gasteiger partial charge in [0.25, 0.3) is 17.7 Å². The number of carbonyl (C=O) groups excluding carboxylic acids is 3. The van der Waals surface area contributed by atoms with Crippen molar-refractivity contribution < 1.29 is 18.8 Å². The second-order valence-corrected chi connectivity index (χ2v) is 7.00. The van der Waals surface area contributed by atoms with Crippen LogP contribution in [-0.4, -0.2) is 46.7 Å². The summed E-state index contributed by atoms with van der Waals surface area (Å²) in [7, 11) is 3.14. The van der Waals surface area contributed by atoms with Crippen molar-refractivity contribution in [3.8, 4) is 0 Å². The molecule has 3 aromatic rings. The van der Waals surface area contributed by atoms with Gasteiger partial charge in [-0.15, -0.1) is 0 Å². The summed E-state index contributed by atoms with van der Waals surface area (Å²) < 4.78 is 13.0. The number of carbonyl (C=O) groups is 3. The Labute approximate surface area is 184 Å². The van der Waals surface area contributed by atoms with E-state index < -0.39 is 11.8 Å². The van der Waals surface area contributed by atoms with Gasteiger partial charge in [-0.25, -0.2) is 14.4 Å². The normalized spacial score (nSPS) is 10.3. The highest BCUT2D eigenvalue weighted by Crippen LogP contribution is 2.11. The minimum atomic E-state index is -0.561. The smallest absolute Gasteiger partial charge is 0.274 e. The summed E-state index contributed by atoms with van der Waals surface area (Å²) in [6, 6.07) is 12.6. The molecule has 1 aromatic heterocycles. The summed E-state index contributed by atoms with van der Waals surface area (Å²) in [5.74, 6) is -1.60. The first-order valence-electron chi connectivity index (χ1n) is 9.79.